The van der Waals surface area contributed by atoms with E-state index in [-0.39, 0.29) is 11.7 Å². The predicted molar refractivity (Wildman–Crippen MR) is 52.1 cm³/mol. The highest BCUT2D eigenvalue weighted by atomic mass is 35.5. The normalized spacial score (nSPS) is 16.7. The fourth-order valence-electron chi connectivity index (χ4n) is 1.36. The van der Waals surface area contributed by atoms with Crippen LogP contribution in [0.4, 0.5) is 0 Å². The van der Waals surface area contributed by atoms with Gasteiger partial charge in [-0.1, -0.05) is 23.7 Å². The minimum atomic E-state index is 0.125. The summed E-state index contributed by atoms with van der Waals surface area (Å²) >= 11 is 5.90. The van der Waals surface area contributed by atoms with Gasteiger partial charge in [0, 0.05) is 24.6 Å². The first kappa shape index (κ1) is 8.73. The summed E-state index contributed by atoms with van der Waals surface area (Å²) in [7, 11) is 0. The molecule has 0 atom stereocenters. The number of carbonyl (C=O) groups excluding carboxylic acids is 1. The van der Waals surface area contributed by atoms with Gasteiger partial charge in [0.15, 0.2) is 5.78 Å². The third kappa shape index (κ3) is 1.60. The number of ketones is 1. The van der Waals surface area contributed by atoms with Crippen molar-refractivity contribution in [3.63, 3.8) is 0 Å². The third-order valence-corrected chi connectivity index (χ3v) is 2.62. The second-order valence-electron chi connectivity index (χ2n) is 3.20. The summed E-state index contributed by atoms with van der Waals surface area (Å²) in [6.07, 6.45) is 0. The summed E-state index contributed by atoms with van der Waals surface area (Å²) in [4.78, 5) is 11.7. The SMILES string of the molecule is O=C(c1ccccc1Cl)C1CNC1. The van der Waals surface area contributed by atoms with Crippen LogP contribution in [0.5, 0.6) is 0 Å². The lowest BCUT2D eigenvalue weighted by molar-refractivity contribution is 0.0878. The minimum absolute atomic E-state index is 0.125. The van der Waals surface area contributed by atoms with Crippen LogP contribution in [0.2, 0.25) is 5.02 Å². The number of hydrogen-bond acceptors (Lipinski definition) is 2. The maximum absolute atomic E-state index is 11.7. The zero-order chi connectivity index (χ0) is 9.26. The summed E-state index contributed by atoms with van der Waals surface area (Å²) in [5.74, 6) is 0.282. The van der Waals surface area contributed by atoms with Gasteiger partial charge in [0.05, 0.1) is 5.02 Å². The molecule has 1 aromatic carbocycles. The Bertz CT molecular complexity index is 333. The van der Waals surface area contributed by atoms with Crippen molar-refractivity contribution in [3.8, 4) is 0 Å². The van der Waals surface area contributed by atoms with Gasteiger partial charge in [-0.05, 0) is 12.1 Å². The zero-order valence-corrected chi connectivity index (χ0v) is 7.84. The Morgan fingerprint density at radius 3 is 2.62 bits per heavy atom. The van der Waals surface area contributed by atoms with Crippen LogP contribution in [0, 0.1) is 5.92 Å². The summed E-state index contributed by atoms with van der Waals surface area (Å²) < 4.78 is 0. The van der Waals surface area contributed by atoms with Gasteiger partial charge >= 0.3 is 0 Å². The molecule has 2 rings (SSSR count). The van der Waals surface area contributed by atoms with E-state index < -0.39 is 0 Å². The topological polar surface area (TPSA) is 29.1 Å². The molecule has 0 saturated carbocycles. The summed E-state index contributed by atoms with van der Waals surface area (Å²) in [6.45, 7) is 1.56. The second kappa shape index (κ2) is 3.48. The Morgan fingerprint density at radius 2 is 2.08 bits per heavy atom. The molecule has 13 heavy (non-hydrogen) atoms. The van der Waals surface area contributed by atoms with Crippen LogP contribution in [-0.2, 0) is 0 Å². The molecule has 2 nitrogen and oxygen atoms in total. The molecule has 0 aliphatic carbocycles. The molecule has 1 fully saturated rings. The van der Waals surface area contributed by atoms with E-state index in [1.54, 1.807) is 12.1 Å². The Balaban J connectivity index is 2.24. The molecule has 1 aliphatic heterocycles. The third-order valence-electron chi connectivity index (χ3n) is 2.29. The predicted octanol–water partition coefficient (Wildman–Crippen LogP) is 1.74. The van der Waals surface area contributed by atoms with Crippen LogP contribution in [0.15, 0.2) is 24.3 Å². The maximum atomic E-state index is 11.7. The van der Waals surface area contributed by atoms with E-state index in [4.69, 9.17) is 11.6 Å². The Labute approximate surface area is 81.9 Å². The number of rotatable bonds is 2. The number of hydrogen-bond donors (Lipinski definition) is 1. The van der Waals surface area contributed by atoms with Gasteiger partial charge < -0.3 is 5.32 Å². The largest absolute Gasteiger partial charge is 0.315 e. The van der Waals surface area contributed by atoms with Gasteiger partial charge in [-0.3, -0.25) is 4.79 Å². The molecule has 1 saturated heterocycles. The smallest absolute Gasteiger partial charge is 0.169 e. The van der Waals surface area contributed by atoms with E-state index in [1.165, 1.54) is 0 Å². The number of halogens is 1. The molecular weight excluding hydrogens is 186 g/mol. The van der Waals surface area contributed by atoms with Gasteiger partial charge in [-0.15, -0.1) is 0 Å². The van der Waals surface area contributed by atoms with Gasteiger partial charge in [-0.25, -0.2) is 0 Å². The zero-order valence-electron chi connectivity index (χ0n) is 7.09. The lowest BCUT2D eigenvalue weighted by Gasteiger charge is -2.25. The standard InChI is InChI=1S/C10H10ClNO/c11-9-4-2-1-3-8(9)10(13)7-5-12-6-7/h1-4,7,12H,5-6H2. The number of nitrogens with one attached hydrogen (secondary N) is 1. The van der Waals surface area contributed by atoms with E-state index in [9.17, 15) is 4.79 Å². The molecule has 0 bridgehead atoms. The summed E-state index contributed by atoms with van der Waals surface area (Å²) in [5.41, 5.74) is 0.649. The van der Waals surface area contributed by atoms with E-state index in [1.807, 2.05) is 12.1 Å². The average molecular weight is 196 g/mol. The van der Waals surface area contributed by atoms with Crippen molar-refractivity contribution in [1.29, 1.82) is 0 Å². The van der Waals surface area contributed by atoms with Crippen LogP contribution in [0.3, 0.4) is 0 Å². The molecule has 0 unspecified atom stereocenters. The van der Waals surface area contributed by atoms with E-state index >= 15 is 0 Å². The van der Waals surface area contributed by atoms with E-state index in [2.05, 4.69) is 5.32 Å². The lowest BCUT2D eigenvalue weighted by Crippen LogP contribution is -2.46. The van der Waals surface area contributed by atoms with Gasteiger partial charge in [0.25, 0.3) is 0 Å². The van der Waals surface area contributed by atoms with Crippen molar-refractivity contribution in [1.82, 2.24) is 5.32 Å². The molecule has 3 heteroatoms. The fourth-order valence-corrected chi connectivity index (χ4v) is 1.58. The first-order chi connectivity index (χ1) is 6.29. The Morgan fingerprint density at radius 1 is 1.38 bits per heavy atom. The first-order valence-corrected chi connectivity index (χ1v) is 4.66. The first-order valence-electron chi connectivity index (χ1n) is 4.28. The van der Waals surface area contributed by atoms with Gasteiger partial charge in [-0.2, -0.15) is 0 Å². The molecule has 0 radical (unpaired) electrons. The highest BCUT2D eigenvalue weighted by molar-refractivity contribution is 6.34. The lowest BCUT2D eigenvalue weighted by atomic mass is 9.93. The minimum Gasteiger partial charge on any atom is -0.315 e. The van der Waals surface area contributed by atoms with Crippen LogP contribution < -0.4 is 5.32 Å². The van der Waals surface area contributed by atoms with Crippen molar-refractivity contribution in [3.05, 3.63) is 34.9 Å². The van der Waals surface area contributed by atoms with Gasteiger partial charge in [0.1, 0.15) is 0 Å². The number of carbonyl (C=O) groups is 1. The quantitative estimate of drug-likeness (QED) is 0.729. The molecular formula is C10H10ClNO. The summed E-state index contributed by atoms with van der Waals surface area (Å²) in [5, 5.41) is 3.62. The molecule has 1 heterocycles. The van der Waals surface area contributed by atoms with Crippen LogP contribution in [0.25, 0.3) is 0 Å². The van der Waals surface area contributed by atoms with Crippen LogP contribution >= 0.6 is 11.6 Å². The van der Waals surface area contributed by atoms with Crippen molar-refractivity contribution < 1.29 is 4.79 Å². The number of Topliss-reactive ketones (excluding diaryl/α,β-unsaturated/α-hetero) is 1. The highest BCUT2D eigenvalue weighted by Crippen LogP contribution is 2.20. The molecule has 0 aromatic heterocycles. The molecule has 0 amide bonds. The van der Waals surface area contributed by atoms with E-state index in [0.717, 1.165) is 13.1 Å². The molecule has 68 valence electrons. The van der Waals surface area contributed by atoms with Crippen molar-refractivity contribution in [2.24, 2.45) is 5.92 Å². The maximum Gasteiger partial charge on any atom is 0.169 e. The van der Waals surface area contributed by atoms with Crippen LogP contribution in [0.1, 0.15) is 10.4 Å². The van der Waals surface area contributed by atoms with Crippen LogP contribution in [-0.4, -0.2) is 18.9 Å². The fraction of sp³-hybridized carbons (Fsp3) is 0.300. The second-order valence-corrected chi connectivity index (χ2v) is 3.61. The number of benzene rings is 1. The van der Waals surface area contributed by atoms with E-state index in [0.29, 0.717) is 10.6 Å². The average Bonchev–Trinajstić information content (AvgIpc) is 2.01. The summed E-state index contributed by atoms with van der Waals surface area (Å²) in [6, 6.07) is 7.20. The molecule has 1 aliphatic rings. The van der Waals surface area contributed by atoms with Crippen molar-refractivity contribution in [2.75, 3.05) is 13.1 Å². The Kier molecular flexibility index (Phi) is 2.34. The Hall–Kier alpha value is -0.860. The molecule has 0 spiro atoms. The molecule has 1 N–H and O–H groups in total. The molecule has 1 aromatic rings. The van der Waals surface area contributed by atoms with Crippen molar-refractivity contribution in [2.45, 2.75) is 0 Å². The monoisotopic (exact) mass is 195 g/mol. The van der Waals surface area contributed by atoms with Crippen molar-refractivity contribution >= 4 is 17.4 Å². The van der Waals surface area contributed by atoms with Gasteiger partial charge in [0.2, 0.25) is 0 Å². The highest BCUT2D eigenvalue weighted by Gasteiger charge is 2.26.